The van der Waals surface area contributed by atoms with Crippen LogP contribution in [0.1, 0.15) is 24.2 Å². The fraction of sp³-hybridized carbons (Fsp3) is 0.350. The van der Waals surface area contributed by atoms with Gasteiger partial charge in [-0.15, -0.1) is 0 Å². The Morgan fingerprint density at radius 2 is 1.46 bits per heavy atom. The van der Waals surface area contributed by atoms with Crippen molar-refractivity contribution < 1.29 is 19.0 Å². The number of benzene rings is 2. The van der Waals surface area contributed by atoms with Crippen LogP contribution in [0.3, 0.4) is 0 Å². The summed E-state index contributed by atoms with van der Waals surface area (Å²) < 4.78 is 15.9. The Labute approximate surface area is 154 Å². The lowest BCUT2D eigenvalue weighted by atomic mass is 10.1. The molecule has 140 valence electrons. The molecule has 0 radical (unpaired) electrons. The molecule has 0 aliphatic carbocycles. The largest absolute Gasteiger partial charge is 0.493 e. The van der Waals surface area contributed by atoms with E-state index in [0.717, 1.165) is 18.8 Å². The van der Waals surface area contributed by atoms with Gasteiger partial charge in [-0.3, -0.25) is 4.79 Å². The molecular formula is C20H26N2O4. The Morgan fingerprint density at radius 1 is 0.923 bits per heavy atom. The standard InChI is InChI=1S/C20H26N2O4/c1-6-22(7-2)16-10-8-14(9-11-16)20(23)21-15-12-17(24-3)19(26-5)18(13-15)25-4/h8-13H,6-7H2,1-5H3,(H,21,23). The number of rotatable bonds is 8. The first kappa shape index (κ1) is 19.4. The maximum Gasteiger partial charge on any atom is 0.255 e. The van der Waals surface area contributed by atoms with E-state index in [9.17, 15) is 4.79 Å². The van der Waals surface area contributed by atoms with Gasteiger partial charge in [-0.05, 0) is 38.1 Å². The Balaban J connectivity index is 2.21. The second-order valence-electron chi connectivity index (χ2n) is 5.59. The third kappa shape index (κ3) is 4.20. The van der Waals surface area contributed by atoms with Gasteiger partial charge in [0.1, 0.15) is 0 Å². The van der Waals surface area contributed by atoms with Gasteiger partial charge < -0.3 is 24.4 Å². The molecule has 26 heavy (non-hydrogen) atoms. The van der Waals surface area contributed by atoms with E-state index in [0.29, 0.717) is 28.5 Å². The zero-order chi connectivity index (χ0) is 19.1. The molecule has 0 fully saturated rings. The molecule has 0 heterocycles. The van der Waals surface area contributed by atoms with Crippen LogP contribution in [-0.2, 0) is 0 Å². The number of carbonyl (C=O) groups is 1. The predicted molar refractivity (Wildman–Crippen MR) is 104 cm³/mol. The van der Waals surface area contributed by atoms with Crippen molar-refractivity contribution in [2.45, 2.75) is 13.8 Å². The topological polar surface area (TPSA) is 60.0 Å². The predicted octanol–water partition coefficient (Wildman–Crippen LogP) is 3.81. The summed E-state index contributed by atoms with van der Waals surface area (Å²) in [7, 11) is 4.61. The fourth-order valence-electron chi connectivity index (χ4n) is 2.77. The van der Waals surface area contributed by atoms with Crippen LogP contribution >= 0.6 is 0 Å². The third-order valence-electron chi connectivity index (χ3n) is 4.18. The van der Waals surface area contributed by atoms with E-state index in [1.807, 2.05) is 24.3 Å². The van der Waals surface area contributed by atoms with Crippen LogP contribution in [0.25, 0.3) is 0 Å². The lowest BCUT2D eigenvalue weighted by Crippen LogP contribution is -2.21. The Kier molecular flexibility index (Phi) is 6.72. The second kappa shape index (κ2) is 8.99. The third-order valence-corrected chi connectivity index (χ3v) is 4.18. The number of hydrogen-bond acceptors (Lipinski definition) is 5. The summed E-state index contributed by atoms with van der Waals surface area (Å²) in [4.78, 5) is 14.8. The zero-order valence-corrected chi connectivity index (χ0v) is 16.0. The molecule has 0 aliphatic rings. The van der Waals surface area contributed by atoms with Gasteiger partial charge in [-0.1, -0.05) is 0 Å². The van der Waals surface area contributed by atoms with Gasteiger partial charge in [0.05, 0.1) is 21.3 Å². The van der Waals surface area contributed by atoms with E-state index in [-0.39, 0.29) is 5.91 Å². The molecule has 0 bridgehead atoms. The van der Waals surface area contributed by atoms with E-state index < -0.39 is 0 Å². The number of hydrogen-bond donors (Lipinski definition) is 1. The first-order chi connectivity index (χ1) is 12.6. The quantitative estimate of drug-likeness (QED) is 0.777. The van der Waals surface area contributed by atoms with Crippen LogP contribution in [0.15, 0.2) is 36.4 Å². The van der Waals surface area contributed by atoms with Gasteiger partial charge in [0.25, 0.3) is 5.91 Å². The molecule has 0 aliphatic heterocycles. The van der Waals surface area contributed by atoms with Crippen LogP contribution < -0.4 is 24.4 Å². The highest BCUT2D eigenvalue weighted by Gasteiger charge is 2.15. The highest BCUT2D eigenvalue weighted by atomic mass is 16.5. The Bertz CT molecular complexity index is 715. The normalized spacial score (nSPS) is 10.2. The molecule has 1 amide bonds. The van der Waals surface area contributed by atoms with E-state index in [2.05, 4.69) is 24.1 Å². The van der Waals surface area contributed by atoms with Crippen LogP contribution in [0, 0.1) is 0 Å². The molecule has 1 N–H and O–H groups in total. The van der Waals surface area contributed by atoms with Crippen molar-refractivity contribution >= 4 is 17.3 Å². The summed E-state index contributed by atoms with van der Waals surface area (Å²) in [5, 5.41) is 2.87. The monoisotopic (exact) mass is 358 g/mol. The van der Waals surface area contributed by atoms with Crippen molar-refractivity contribution in [3.05, 3.63) is 42.0 Å². The summed E-state index contributed by atoms with van der Waals surface area (Å²) in [6, 6.07) is 10.9. The molecule has 6 heteroatoms. The molecule has 0 saturated carbocycles. The van der Waals surface area contributed by atoms with Crippen LogP contribution in [0.4, 0.5) is 11.4 Å². The summed E-state index contributed by atoms with van der Waals surface area (Å²) in [6.45, 7) is 6.06. The van der Waals surface area contributed by atoms with Crippen molar-refractivity contribution in [2.24, 2.45) is 0 Å². The number of methoxy groups -OCH3 is 3. The lowest BCUT2D eigenvalue weighted by molar-refractivity contribution is 0.102. The molecule has 2 rings (SSSR count). The molecule has 0 aromatic heterocycles. The number of carbonyl (C=O) groups excluding carboxylic acids is 1. The van der Waals surface area contributed by atoms with Crippen molar-refractivity contribution in [3.63, 3.8) is 0 Å². The van der Waals surface area contributed by atoms with E-state index in [1.165, 1.54) is 21.3 Å². The second-order valence-corrected chi connectivity index (χ2v) is 5.59. The maximum atomic E-state index is 12.6. The van der Waals surface area contributed by atoms with Crippen molar-refractivity contribution in [3.8, 4) is 17.2 Å². The lowest BCUT2D eigenvalue weighted by Gasteiger charge is -2.21. The number of ether oxygens (including phenoxy) is 3. The first-order valence-corrected chi connectivity index (χ1v) is 8.54. The molecule has 0 atom stereocenters. The van der Waals surface area contributed by atoms with Gasteiger partial charge in [0, 0.05) is 42.2 Å². The van der Waals surface area contributed by atoms with E-state index >= 15 is 0 Å². The van der Waals surface area contributed by atoms with Crippen LogP contribution in [-0.4, -0.2) is 40.3 Å². The molecular weight excluding hydrogens is 332 g/mol. The van der Waals surface area contributed by atoms with Gasteiger partial charge >= 0.3 is 0 Å². The highest BCUT2D eigenvalue weighted by Crippen LogP contribution is 2.40. The van der Waals surface area contributed by atoms with Gasteiger partial charge in [0.15, 0.2) is 11.5 Å². The average molecular weight is 358 g/mol. The maximum absolute atomic E-state index is 12.6. The first-order valence-electron chi connectivity index (χ1n) is 8.54. The van der Waals surface area contributed by atoms with Crippen LogP contribution in [0.2, 0.25) is 0 Å². The molecule has 6 nitrogen and oxygen atoms in total. The Morgan fingerprint density at radius 3 is 1.88 bits per heavy atom. The van der Waals surface area contributed by atoms with E-state index in [1.54, 1.807) is 12.1 Å². The van der Waals surface area contributed by atoms with Crippen LogP contribution in [0.5, 0.6) is 17.2 Å². The molecule has 0 spiro atoms. The molecule has 2 aromatic rings. The van der Waals surface area contributed by atoms with E-state index in [4.69, 9.17) is 14.2 Å². The summed E-state index contributed by atoms with van der Waals surface area (Å²) in [5.74, 6) is 1.25. The number of amides is 1. The van der Waals surface area contributed by atoms with Crippen molar-refractivity contribution in [1.82, 2.24) is 0 Å². The van der Waals surface area contributed by atoms with Crippen molar-refractivity contribution in [2.75, 3.05) is 44.6 Å². The summed E-state index contributed by atoms with van der Waals surface area (Å²) in [5.41, 5.74) is 2.24. The van der Waals surface area contributed by atoms with Gasteiger partial charge in [0.2, 0.25) is 5.75 Å². The fourth-order valence-corrected chi connectivity index (χ4v) is 2.77. The minimum Gasteiger partial charge on any atom is -0.493 e. The van der Waals surface area contributed by atoms with Gasteiger partial charge in [-0.2, -0.15) is 0 Å². The molecule has 2 aromatic carbocycles. The summed E-state index contributed by atoms with van der Waals surface area (Å²) in [6.07, 6.45) is 0. The minimum absolute atomic E-state index is 0.203. The SMILES string of the molecule is CCN(CC)c1ccc(C(=O)Nc2cc(OC)c(OC)c(OC)c2)cc1. The number of anilines is 2. The average Bonchev–Trinajstić information content (AvgIpc) is 2.68. The van der Waals surface area contributed by atoms with Crippen molar-refractivity contribution in [1.29, 1.82) is 0 Å². The smallest absolute Gasteiger partial charge is 0.255 e. The van der Waals surface area contributed by atoms with Gasteiger partial charge in [-0.25, -0.2) is 0 Å². The number of nitrogens with one attached hydrogen (secondary N) is 1. The molecule has 0 unspecified atom stereocenters. The highest BCUT2D eigenvalue weighted by molar-refractivity contribution is 6.04. The summed E-state index contributed by atoms with van der Waals surface area (Å²) >= 11 is 0. The molecule has 0 saturated heterocycles. The Hall–Kier alpha value is -2.89. The minimum atomic E-state index is -0.203. The zero-order valence-electron chi connectivity index (χ0n) is 16.0. The number of nitrogens with zero attached hydrogens (tertiary/aromatic N) is 1.